The van der Waals surface area contributed by atoms with Crippen LogP contribution in [0, 0.1) is 11.8 Å². The summed E-state index contributed by atoms with van der Waals surface area (Å²) in [6.07, 6.45) is 1.65. The van der Waals surface area contributed by atoms with Crippen molar-refractivity contribution in [2.24, 2.45) is 11.8 Å². The van der Waals surface area contributed by atoms with Crippen LogP contribution in [-0.4, -0.2) is 38.5 Å². The van der Waals surface area contributed by atoms with Gasteiger partial charge in [0.05, 0.1) is 26.7 Å². The molecule has 1 aromatic carbocycles. The third kappa shape index (κ3) is 3.44. The normalized spacial score (nSPS) is 22.6. The van der Waals surface area contributed by atoms with E-state index in [2.05, 4.69) is 16.4 Å². The Balaban J connectivity index is 1.78. The molecule has 1 aliphatic rings. The number of thiazole rings is 1. The molecule has 114 valence electrons. The van der Waals surface area contributed by atoms with Gasteiger partial charge in [0.2, 0.25) is 0 Å². The Morgan fingerprint density at radius 2 is 2.24 bits per heavy atom. The maximum absolute atomic E-state index is 11.7. The van der Waals surface area contributed by atoms with Gasteiger partial charge in [-0.1, -0.05) is 12.1 Å². The summed E-state index contributed by atoms with van der Waals surface area (Å²) in [5.74, 6) is 1.28. The van der Waals surface area contributed by atoms with Gasteiger partial charge in [0.25, 0.3) is 0 Å². The summed E-state index contributed by atoms with van der Waals surface area (Å²) in [6.45, 7) is 0.843. The van der Waals surface area contributed by atoms with E-state index >= 15 is 0 Å². The molecule has 1 saturated heterocycles. The third-order valence-corrected chi connectivity index (χ3v) is 7.03. The first-order valence-electron chi connectivity index (χ1n) is 7.27. The predicted octanol–water partition coefficient (Wildman–Crippen LogP) is 2.11. The number of para-hydroxylation sites is 1. The fourth-order valence-corrected chi connectivity index (χ4v) is 6.07. The zero-order valence-corrected chi connectivity index (χ0v) is 13.7. The fourth-order valence-electron chi connectivity index (χ4n) is 3.09. The van der Waals surface area contributed by atoms with E-state index in [0.29, 0.717) is 17.4 Å². The molecule has 2 aromatic rings. The highest BCUT2D eigenvalue weighted by Crippen LogP contribution is 2.30. The highest BCUT2D eigenvalue weighted by Gasteiger charge is 2.33. The Labute approximate surface area is 129 Å². The number of nitrogens with one attached hydrogen (secondary N) is 1. The second kappa shape index (κ2) is 6.02. The molecule has 0 bridgehead atoms. The Morgan fingerprint density at radius 1 is 1.43 bits per heavy atom. The highest BCUT2D eigenvalue weighted by molar-refractivity contribution is 7.91. The topological polar surface area (TPSA) is 59.1 Å². The molecular formula is C15H20N2O2S2. The van der Waals surface area contributed by atoms with Crippen molar-refractivity contribution in [1.29, 1.82) is 0 Å². The summed E-state index contributed by atoms with van der Waals surface area (Å²) in [6, 6.07) is 8.14. The van der Waals surface area contributed by atoms with Crippen LogP contribution in [0.2, 0.25) is 0 Å². The van der Waals surface area contributed by atoms with Crippen molar-refractivity contribution < 1.29 is 8.42 Å². The number of fused-ring (bicyclic) bond motifs is 1. The number of sulfone groups is 1. The molecule has 2 unspecified atom stereocenters. The lowest BCUT2D eigenvalue weighted by molar-refractivity contribution is 0.351. The van der Waals surface area contributed by atoms with Gasteiger partial charge in [-0.05, 0) is 44.0 Å². The van der Waals surface area contributed by atoms with Gasteiger partial charge in [-0.15, -0.1) is 11.3 Å². The molecule has 0 aliphatic carbocycles. The van der Waals surface area contributed by atoms with Gasteiger partial charge >= 0.3 is 0 Å². The Hall–Kier alpha value is -0.980. The number of nitrogens with zero attached hydrogens (tertiary/aromatic N) is 1. The molecule has 3 rings (SSSR count). The van der Waals surface area contributed by atoms with Crippen molar-refractivity contribution in [3.05, 3.63) is 29.3 Å². The predicted molar refractivity (Wildman–Crippen MR) is 87.5 cm³/mol. The largest absolute Gasteiger partial charge is 0.319 e. The lowest BCUT2D eigenvalue weighted by Gasteiger charge is -2.21. The van der Waals surface area contributed by atoms with Gasteiger partial charge in [0, 0.05) is 6.42 Å². The first-order chi connectivity index (χ1) is 10.1. The van der Waals surface area contributed by atoms with Gasteiger partial charge in [-0.2, -0.15) is 0 Å². The summed E-state index contributed by atoms with van der Waals surface area (Å²) in [5, 5.41) is 4.32. The van der Waals surface area contributed by atoms with Crippen LogP contribution in [0.4, 0.5) is 0 Å². The van der Waals surface area contributed by atoms with Gasteiger partial charge in [0.15, 0.2) is 9.84 Å². The van der Waals surface area contributed by atoms with Crippen LogP contribution in [0.1, 0.15) is 11.4 Å². The van der Waals surface area contributed by atoms with Crippen LogP contribution in [0.15, 0.2) is 24.3 Å². The molecule has 0 saturated carbocycles. The average Bonchev–Trinajstić information content (AvgIpc) is 3.00. The molecule has 0 radical (unpaired) electrons. The zero-order chi connectivity index (χ0) is 14.9. The number of aromatic nitrogens is 1. The van der Waals surface area contributed by atoms with Crippen molar-refractivity contribution in [2.45, 2.75) is 12.8 Å². The molecule has 1 aromatic heterocycles. The molecule has 2 heterocycles. The summed E-state index contributed by atoms with van der Waals surface area (Å²) >= 11 is 1.72. The number of rotatable bonds is 5. The van der Waals surface area contributed by atoms with Gasteiger partial charge in [0.1, 0.15) is 0 Å². The monoisotopic (exact) mass is 324 g/mol. The molecule has 6 heteroatoms. The van der Waals surface area contributed by atoms with Crippen LogP contribution in [-0.2, 0) is 16.3 Å². The summed E-state index contributed by atoms with van der Waals surface area (Å²) in [4.78, 5) is 4.68. The van der Waals surface area contributed by atoms with Gasteiger partial charge in [-0.3, -0.25) is 0 Å². The lowest BCUT2D eigenvalue weighted by atomic mass is 9.89. The van der Waals surface area contributed by atoms with Crippen molar-refractivity contribution in [3.63, 3.8) is 0 Å². The smallest absolute Gasteiger partial charge is 0.150 e. The second-order valence-electron chi connectivity index (χ2n) is 5.76. The third-order valence-electron chi connectivity index (χ3n) is 4.18. The van der Waals surface area contributed by atoms with Crippen molar-refractivity contribution >= 4 is 31.4 Å². The maximum atomic E-state index is 11.7. The highest BCUT2D eigenvalue weighted by atomic mass is 32.2. The maximum Gasteiger partial charge on any atom is 0.150 e. The minimum Gasteiger partial charge on any atom is -0.319 e. The first-order valence-corrected chi connectivity index (χ1v) is 9.90. The van der Waals surface area contributed by atoms with Crippen molar-refractivity contribution in [1.82, 2.24) is 10.3 Å². The van der Waals surface area contributed by atoms with Crippen LogP contribution >= 0.6 is 11.3 Å². The molecule has 1 N–H and O–H groups in total. The molecular weight excluding hydrogens is 304 g/mol. The SMILES string of the molecule is CNCC(Cc1nc2ccccc2s1)C1CCS(=O)(=O)C1. The molecule has 4 nitrogen and oxygen atoms in total. The van der Waals surface area contributed by atoms with E-state index in [1.807, 2.05) is 25.2 Å². The van der Waals surface area contributed by atoms with Crippen LogP contribution in [0.25, 0.3) is 10.2 Å². The van der Waals surface area contributed by atoms with E-state index in [4.69, 9.17) is 0 Å². The number of hydrogen-bond donors (Lipinski definition) is 1. The lowest BCUT2D eigenvalue weighted by Crippen LogP contribution is -2.28. The quantitative estimate of drug-likeness (QED) is 0.915. The van der Waals surface area contributed by atoms with E-state index < -0.39 is 9.84 Å². The minimum absolute atomic E-state index is 0.259. The van der Waals surface area contributed by atoms with E-state index in [1.54, 1.807) is 11.3 Å². The van der Waals surface area contributed by atoms with Crippen LogP contribution in [0.5, 0.6) is 0 Å². The molecule has 1 aliphatic heterocycles. The molecule has 0 spiro atoms. The molecule has 2 atom stereocenters. The summed E-state index contributed by atoms with van der Waals surface area (Å²) < 4.78 is 24.6. The fraction of sp³-hybridized carbons (Fsp3) is 0.533. The van der Waals surface area contributed by atoms with E-state index in [-0.39, 0.29) is 5.92 Å². The standard InChI is InChI=1S/C15H20N2O2S2/c1-16-9-12(11-6-7-21(18,19)10-11)8-15-17-13-4-2-3-5-14(13)20-15/h2-5,11-12,16H,6-10H2,1H3. The Kier molecular flexibility index (Phi) is 4.28. The van der Waals surface area contributed by atoms with E-state index in [1.165, 1.54) is 4.70 Å². The van der Waals surface area contributed by atoms with E-state index in [9.17, 15) is 8.42 Å². The van der Waals surface area contributed by atoms with Crippen molar-refractivity contribution in [3.8, 4) is 0 Å². The van der Waals surface area contributed by atoms with Gasteiger partial charge in [-0.25, -0.2) is 13.4 Å². The van der Waals surface area contributed by atoms with Crippen LogP contribution in [0.3, 0.4) is 0 Å². The molecule has 1 fully saturated rings. The second-order valence-corrected chi connectivity index (χ2v) is 9.10. The van der Waals surface area contributed by atoms with E-state index in [0.717, 1.165) is 29.9 Å². The van der Waals surface area contributed by atoms with Crippen molar-refractivity contribution in [2.75, 3.05) is 25.1 Å². The molecule has 21 heavy (non-hydrogen) atoms. The van der Waals surface area contributed by atoms with Crippen LogP contribution < -0.4 is 5.32 Å². The Morgan fingerprint density at radius 3 is 2.90 bits per heavy atom. The number of benzene rings is 1. The minimum atomic E-state index is -2.82. The zero-order valence-electron chi connectivity index (χ0n) is 12.1. The summed E-state index contributed by atoms with van der Waals surface area (Å²) in [5.41, 5.74) is 1.04. The average molecular weight is 324 g/mol. The molecule has 0 amide bonds. The Bertz CT molecular complexity index is 691. The first kappa shape index (κ1) is 14.9. The number of hydrogen-bond acceptors (Lipinski definition) is 5. The summed E-state index contributed by atoms with van der Waals surface area (Å²) in [7, 11) is -0.895. The van der Waals surface area contributed by atoms with Gasteiger partial charge < -0.3 is 5.32 Å².